The van der Waals surface area contributed by atoms with Crippen molar-refractivity contribution in [3.8, 4) is 0 Å². The van der Waals surface area contributed by atoms with Gasteiger partial charge in [-0.1, -0.05) is 0 Å². The zero-order chi connectivity index (χ0) is 16.1. The Morgan fingerprint density at radius 1 is 1.32 bits per heavy atom. The predicted molar refractivity (Wildman–Crippen MR) is 78.2 cm³/mol. The Bertz CT molecular complexity index is 539. The zero-order valence-corrected chi connectivity index (χ0v) is 12.4. The number of hydrogen-bond donors (Lipinski definition) is 2. The summed E-state index contributed by atoms with van der Waals surface area (Å²) in [6.07, 6.45) is 1.73. The summed E-state index contributed by atoms with van der Waals surface area (Å²) in [5, 5.41) is 5.53. The van der Waals surface area contributed by atoms with Crippen LogP contribution in [0.2, 0.25) is 0 Å². The van der Waals surface area contributed by atoms with Gasteiger partial charge >= 0.3 is 0 Å². The summed E-state index contributed by atoms with van der Waals surface area (Å²) in [6.45, 7) is 1.35. The summed E-state index contributed by atoms with van der Waals surface area (Å²) in [7, 11) is 1.54. The van der Waals surface area contributed by atoms with Gasteiger partial charge in [0.25, 0.3) is 0 Å². The fourth-order valence-electron chi connectivity index (χ4n) is 2.49. The average Bonchev–Trinajstić information content (AvgIpc) is 2.46. The van der Waals surface area contributed by atoms with Gasteiger partial charge in [-0.25, -0.2) is 8.78 Å². The second-order valence-electron chi connectivity index (χ2n) is 5.44. The lowest BCUT2D eigenvalue weighted by Crippen LogP contribution is -2.43. The van der Waals surface area contributed by atoms with Gasteiger partial charge < -0.3 is 15.5 Å². The Balaban J connectivity index is 1.89. The number of benzene rings is 1. The number of nitrogens with zero attached hydrogens (tertiary/aromatic N) is 1. The lowest BCUT2D eigenvalue weighted by molar-refractivity contribution is -0.137. The minimum absolute atomic E-state index is 0.0303. The molecule has 2 N–H and O–H groups in total. The molecule has 7 heteroatoms. The number of anilines is 1. The van der Waals surface area contributed by atoms with Crippen LogP contribution in [0.1, 0.15) is 12.8 Å². The maximum absolute atomic E-state index is 13.0. The van der Waals surface area contributed by atoms with Gasteiger partial charge in [-0.05, 0) is 31.5 Å². The third-order valence-electron chi connectivity index (χ3n) is 3.55. The molecule has 1 aliphatic heterocycles. The van der Waals surface area contributed by atoms with Gasteiger partial charge in [-0.15, -0.1) is 0 Å². The van der Waals surface area contributed by atoms with Gasteiger partial charge in [0.05, 0.1) is 12.5 Å². The lowest BCUT2D eigenvalue weighted by Gasteiger charge is -2.26. The summed E-state index contributed by atoms with van der Waals surface area (Å²) in [6, 6.07) is 2.77. The van der Waals surface area contributed by atoms with Gasteiger partial charge in [0.15, 0.2) is 0 Å². The second-order valence-corrected chi connectivity index (χ2v) is 5.44. The topological polar surface area (TPSA) is 61.4 Å². The largest absolute Gasteiger partial charge is 0.336 e. The molecule has 1 aromatic rings. The number of nitrogens with one attached hydrogen (secondary N) is 2. The number of halogens is 2. The van der Waals surface area contributed by atoms with Crippen molar-refractivity contribution in [1.29, 1.82) is 0 Å². The third-order valence-corrected chi connectivity index (χ3v) is 3.55. The lowest BCUT2D eigenvalue weighted by atomic mass is 9.98. The Hall–Kier alpha value is -2.02. The monoisotopic (exact) mass is 311 g/mol. The molecule has 1 heterocycles. The van der Waals surface area contributed by atoms with Crippen LogP contribution in [0.5, 0.6) is 0 Å². The highest BCUT2D eigenvalue weighted by Gasteiger charge is 2.24. The summed E-state index contributed by atoms with van der Waals surface area (Å²) in [5.41, 5.74) is 0.0303. The van der Waals surface area contributed by atoms with Crippen molar-refractivity contribution >= 4 is 17.5 Å². The predicted octanol–water partition coefficient (Wildman–Crippen LogP) is 1.36. The van der Waals surface area contributed by atoms with E-state index in [2.05, 4.69) is 10.6 Å². The first-order chi connectivity index (χ1) is 10.5. The van der Waals surface area contributed by atoms with Crippen molar-refractivity contribution in [3.05, 3.63) is 29.8 Å². The molecule has 0 saturated carbocycles. The molecule has 0 aliphatic carbocycles. The Kier molecular flexibility index (Phi) is 5.43. The summed E-state index contributed by atoms with van der Waals surface area (Å²) >= 11 is 0. The van der Waals surface area contributed by atoms with Crippen LogP contribution >= 0.6 is 0 Å². The molecule has 1 saturated heterocycles. The first-order valence-corrected chi connectivity index (χ1v) is 7.17. The molecule has 120 valence electrons. The molecule has 1 fully saturated rings. The normalized spacial score (nSPS) is 17.9. The first-order valence-electron chi connectivity index (χ1n) is 7.17. The molecule has 1 atom stereocenters. The van der Waals surface area contributed by atoms with Crippen LogP contribution in [0.4, 0.5) is 14.5 Å². The van der Waals surface area contributed by atoms with Crippen molar-refractivity contribution in [2.24, 2.45) is 5.92 Å². The van der Waals surface area contributed by atoms with E-state index >= 15 is 0 Å². The fraction of sp³-hybridized carbons (Fsp3) is 0.467. The van der Waals surface area contributed by atoms with Crippen LogP contribution in [0.3, 0.4) is 0 Å². The van der Waals surface area contributed by atoms with E-state index in [0.29, 0.717) is 6.54 Å². The van der Waals surface area contributed by atoms with Gasteiger partial charge in [0.2, 0.25) is 11.8 Å². The third kappa shape index (κ3) is 4.49. The van der Waals surface area contributed by atoms with Crippen molar-refractivity contribution in [2.45, 2.75) is 12.8 Å². The van der Waals surface area contributed by atoms with Crippen molar-refractivity contribution in [3.63, 3.8) is 0 Å². The molecule has 1 aliphatic rings. The Morgan fingerprint density at radius 2 is 2.00 bits per heavy atom. The molecular formula is C15H19F2N3O2. The van der Waals surface area contributed by atoms with Crippen molar-refractivity contribution < 1.29 is 18.4 Å². The van der Waals surface area contributed by atoms with Crippen LogP contribution < -0.4 is 10.6 Å². The molecule has 0 aromatic heterocycles. The highest BCUT2D eigenvalue weighted by atomic mass is 19.1. The number of carbonyl (C=O) groups is 2. The number of piperidine rings is 1. The number of amides is 2. The van der Waals surface area contributed by atoms with E-state index in [0.717, 1.165) is 37.6 Å². The molecule has 2 rings (SSSR count). The minimum Gasteiger partial charge on any atom is -0.336 e. The summed E-state index contributed by atoms with van der Waals surface area (Å²) in [4.78, 5) is 25.4. The molecular weight excluding hydrogens is 292 g/mol. The van der Waals surface area contributed by atoms with Crippen LogP contribution in [-0.2, 0) is 9.59 Å². The van der Waals surface area contributed by atoms with E-state index < -0.39 is 17.5 Å². The van der Waals surface area contributed by atoms with Gasteiger partial charge in [-0.3, -0.25) is 9.59 Å². The number of carbonyl (C=O) groups excluding carboxylic acids is 2. The minimum atomic E-state index is -0.770. The van der Waals surface area contributed by atoms with E-state index in [9.17, 15) is 18.4 Å². The summed E-state index contributed by atoms with van der Waals surface area (Å²) < 4.78 is 26.1. The van der Waals surface area contributed by atoms with Crippen LogP contribution in [0.15, 0.2) is 18.2 Å². The first kappa shape index (κ1) is 16.4. The molecule has 0 spiro atoms. The van der Waals surface area contributed by atoms with E-state index in [-0.39, 0.29) is 24.1 Å². The van der Waals surface area contributed by atoms with Crippen LogP contribution in [0, 0.1) is 17.6 Å². The number of rotatable bonds is 4. The molecule has 0 bridgehead atoms. The summed E-state index contributed by atoms with van der Waals surface area (Å²) in [5.74, 6) is -2.27. The van der Waals surface area contributed by atoms with Crippen molar-refractivity contribution in [1.82, 2.24) is 10.2 Å². The van der Waals surface area contributed by atoms with E-state index in [1.165, 1.54) is 4.90 Å². The molecule has 0 radical (unpaired) electrons. The van der Waals surface area contributed by atoms with Crippen molar-refractivity contribution in [2.75, 3.05) is 32.0 Å². The molecule has 22 heavy (non-hydrogen) atoms. The van der Waals surface area contributed by atoms with Crippen LogP contribution in [-0.4, -0.2) is 43.4 Å². The standard InChI is InChI=1S/C15H19F2N3O2/c1-20(15(22)10-3-2-4-18-8-10)9-14(21)19-13-6-11(16)5-12(17)7-13/h5-7,10,18H,2-4,8-9H2,1H3,(H,19,21). The quantitative estimate of drug-likeness (QED) is 0.883. The van der Waals surface area contributed by atoms with E-state index in [1.54, 1.807) is 7.05 Å². The Labute approximate surface area is 127 Å². The fourth-order valence-corrected chi connectivity index (χ4v) is 2.49. The maximum atomic E-state index is 13.0. The van der Waals surface area contributed by atoms with Gasteiger partial charge in [0.1, 0.15) is 11.6 Å². The maximum Gasteiger partial charge on any atom is 0.243 e. The van der Waals surface area contributed by atoms with Gasteiger partial charge in [-0.2, -0.15) is 0 Å². The van der Waals surface area contributed by atoms with Gasteiger partial charge in [0, 0.05) is 25.3 Å². The average molecular weight is 311 g/mol. The highest BCUT2D eigenvalue weighted by molar-refractivity contribution is 5.94. The van der Waals surface area contributed by atoms with E-state index in [4.69, 9.17) is 0 Å². The molecule has 5 nitrogen and oxygen atoms in total. The second kappa shape index (κ2) is 7.31. The number of likely N-dealkylation sites (N-methyl/N-ethyl adjacent to an activating group) is 1. The number of hydrogen-bond acceptors (Lipinski definition) is 3. The zero-order valence-electron chi connectivity index (χ0n) is 12.4. The molecule has 1 aromatic carbocycles. The highest BCUT2D eigenvalue weighted by Crippen LogP contribution is 2.14. The molecule has 1 unspecified atom stereocenters. The van der Waals surface area contributed by atoms with Crippen LogP contribution in [0.25, 0.3) is 0 Å². The van der Waals surface area contributed by atoms with E-state index in [1.807, 2.05) is 0 Å². The Morgan fingerprint density at radius 3 is 2.59 bits per heavy atom. The smallest absolute Gasteiger partial charge is 0.243 e. The molecule has 2 amide bonds. The SMILES string of the molecule is CN(CC(=O)Nc1cc(F)cc(F)c1)C(=O)C1CCCNC1.